The van der Waals surface area contributed by atoms with Gasteiger partial charge < -0.3 is 4.98 Å². The van der Waals surface area contributed by atoms with Crippen molar-refractivity contribution < 1.29 is 8.78 Å². The number of hydrogen-bond donors (Lipinski definition) is 1. The minimum absolute atomic E-state index is 0.549. The summed E-state index contributed by atoms with van der Waals surface area (Å²) in [6, 6.07) is 5.13. The van der Waals surface area contributed by atoms with Crippen molar-refractivity contribution in [1.82, 2.24) is 9.97 Å². The van der Waals surface area contributed by atoms with Gasteiger partial charge in [0.2, 0.25) is 0 Å². The molecule has 0 aliphatic heterocycles. The van der Waals surface area contributed by atoms with Crippen molar-refractivity contribution in [3.8, 4) is 0 Å². The Morgan fingerprint density at radius 1 is 1.47 bits per heavy atom. The highest BCUT2D eigenvalue weighted by Crippen LogP contribution is 2.27. The molecule has 15 heavy (non-hydrogen) atoms. The van der Waals surface area contributed by atoms with Crippen molar-refractivity contribution >= 4 is 22.8 Å². The van der Waals surface area contributed by atoms with Crippen LogP contribution in [0.4, 0.5) is 8.78 Å². The Labute approximate surface area is 90.1 Å². The molecule has 0 atom stereocenters. The van der Waals surface area contributed by atoms with Gasteiger partial charge in [-0.25, -0.2) is 4.98 Å². The third kappa shape index (κ3) is 2.28. The van der Waals surface area contributed by atoms with E-state index >= 15 is 0 Å². The smallest absolute Gasteiger partial charge is 0.288 e. The second kappa shape index (κ2) is 4.18. The molecule has 2 rings (SSSR count). The van der Waals surface area contributed by atoms with Gasteiger partial charge in [0.1, 0.15) is 5.82 Å². The summed E-state index contributed by atoms with van der Waals surface area (Å²) < 4.78 is 24.3. The first-order valence-electron chi connectivity index (χ1n) is 4.62. The van der Waals surface area contributed by atoms with E-state index in [1.165, 1.54) is 0 Å². The number of alkyl halides is 2. The number of thioether (sulfide) groups is 1. The lowest BCUT2D eigenvalue weighted by Crippen LogP contribution is -1.81. The number of aromatic nitrogens is 2. The van der Waals surface area contributed by atoms with E-state index < -0.39 is 5.76 Å². The fourth-order valence-corrected chi connectivity index (χ4v) is 1.92. The first-order chi connectivity index (χ1) is 7.19. The van der Waals surface area contributed by atoms with Crippen molar-refractivity contribution in [1.29, 1.82) is 0 Å². The zero-order chi connectivity index (χ0) is 10.8. The van der Waals surface area contributed by atoms with Crippen molar-refractivity contribution in [3.63, 3.8) is 0 Å². The third-order valence-corrected chi connectivity index (χ3v) is 2.77. The molecule has 5 heteroatoms. The molecule has 1 N–H and O–H groups in total. The molecule has 0 saturated carbocycles. The Morgan fingerprint density at radius 3 is 2.93 bits per heavy atom. The lowest BCUT2D eigenvalue weighted by Gasteiger charge is -1.98. The van der Waals surface area contributed by atoms with Crippen LogP contribution in [-0.4, -0.2) is 15.7 Å². The molecular weight excluding hydrogens is 218 g/mol. The van der Waals surface area contributed by atoms with Crippen LogP contribution in [0.25, 0.3) is 11.0 Å². The minimum Gasteiger partial charge on any atom is -0.342 e. The molecule has 1 aromatic carbocycles. The third-order valence-electron chi connectivity index (χ3n) is 2.06. The summed E-state index contributed by atoms with van der Waals surface area (Å²) >= 11 is 0.549. The highest BCUT2D eigenvalue weighted by molar-refractivity contribution is 7.99. The molecule has 2 nitrogen and oxygen atoms in total. The monoisotopic (exact) mass is 228 g/mol. The van der Waals surface area contributed by atoms with E-state index in [1.807, 2.05) is 6.92 Å². The molecule has 0 unspecified atom stereocenters. The average Bonchev–Trinajstić information content (AvgIpc) is 2.58. The maximum absolute atomic E-state index is 12.1. The number of imidazole rings is 1. The van der Waals surface area contributed by atoms with E-state index in [0.29, 0.717) is 16.7 Å². The number of fused-ring (bicyclic) bond motifs is 1. The number of hydrogen-bond acceptors (Lipinski definition) is 2. The Morgan fingerprint density at radius 2 is 2.27 bits per heavy atom. The highest BCUT2D eigenvalue weighted by Gasteiger charge is 2.07. The predicted molar refractivity (Wildman–Crippen MR) is 57.3 cm³/mol. The van der Waals surface area contributed by atoms with E-state index in [0.717, 1.165) is 23.3 Å². The first kappa shape index (κ1) is 10.4. The summed E-state index contributed by atoms with van der Waals surface area (Å²) in [4.78, 5) is 7.95. The van der Waals surface area contributed by atoms with Gasteiger partial charge in [0.15, 0.2) is 0 Å². The van der Waals surface area contributed by atoms with Crippen LogP contribution < -0.4 is 0 Å². The van der Waals surface area contributed by atoms with Crippen LogP contribution in [0.15, 0.2) is 23.1 Å². The molecule has 0 aliphatic carbocycles. The van der Waals surface area contributed by atoms with Crippen molar-refractivity contribution in [2.75, 3.05) is 0 Å². The van der Waals surface area contributed by atoms with Crippen LogP contribution in [-0.2, 0) is 6.42 Å². The number of benzene rings is 1. The maximum Gasteiger partial charge on any atom is 0.288 e. The van der Waals surface area contributed by atoms with Gasteiger partial charge in [0, 0.05) is 11.3 Å². The summed E-state index contributed by atoms with van der Waals surface area (Å²) in [5.41, 5.74) is 1.64. The molecule has 0 amide bonds. The Kier molecular flexibility index (Phi) is 2.90. The van der Waals surface area contributed by atoms with Crippen molar-refractivity contribution in [2.45, 2.75) is 24.0 Å². The zero-order valence-corrected chi connectivity index (χ0v) is 8.94. The fraction of sp³-hybridized carbons (Fsp3) is 0.300. The summed E-state index contributed by atoms with van der Waals surface area (Å²) in [7, 11) is 0. The minimum atomic E-state index is -2.38. The molecule has 1 heterocycles. The van der Waals surface area contributed by atoms with Gasteiger partial charge >= 0.3 is 0 Å². The number of H-pyrrole nitrogens is 1. The number of aromatic amines is 1. The Bertz CT molecular complexity index is 467. The molecular formula is C10H10F2N2S. The van der Waals surface area contributed by atoms with Gasteiger partial charge in [0.05, 0.1) is 11.0 Å². The van der Waals surface area contributed by atoms with Gasteiger partial charge in [-0.15, -0.1) is 0 Å². The van der Waals surface area contributed by atoms with Crippen LogP contribution in [0, 0.1) is 0 Å². The number of halogens is 2. The zero-order valence-electron chi connectivity index (χ0n) is 8.13. The van der Waals surface area contributed by atoms with Crippen LogP contribution in [0.3, 0.4) is 0 Å². The number of aryl methyl sites for hydroxylation is 1. The standard InChI is InChI=1S/C10H10F2N2S/c1-2-9-13-7-4-3-6(15-10(11)12)5-8(7)14-9/h3-5,10H,2H2,1H3,(H,13,14). The summed E-state index contributed by atoms with van der Waals surface area (Å²) in [5.74, 6) is -1.50. The quantitative estimate of drug-likeness (QED) is 0.815. The lowest BCUT2D eigenvalue weighted by molar-refractivity contribution is 0.252. The van der Waals surface area contributed by atoms with Gasteiger partial charge in [-0.2, -0.15) is 8.78 Å². The van der Waals surface area contributed by atoms with Gasteiger partial charge in [-0.1, -0.05) is 18.7 Å². The molecule has 0 spiro atoms. The Balaban J connectivity index is 2.37. The van der Waals surface area contributed by atoms with E-state index in [9.17, 15) is 8.78 Å². The van der Waals surface area contributed by atoms with Crippen LogP contribution in [0.2, 0.25) is 0 Å². The summed E-state index contributed by atoms with van der Waals surface area (Å²) in [6.45, 7) is 1.99. The van der Waals surface area contributed by atoms with Gasteiger partial charge in [0.25, 0.3) is 5.76 Å². The fourth-order valence-electron chi connectivity index (χ4n) is 1.39. The maximum atomic E-state index is 12.1. The van der Waals surface area contributed by atoms with E-state index in [2.05, 4.69) is 9.97 Å². The largest absolute Gasteiger partial charge is 0.342 e. The second-order valence-corrected chi connectivity index (χ2v) is 4.16. The normalized spacial score (nSPS) is 11.5. The van der Waals surface area contributed by atoms with E-state index in [-0.39, 0.29) is 0 Å². The molecule has 0 fully saturated rings. The van der Waals surface area contributed by atoms with E-state index in [4.69, 9.17) is 0 Å². The van der Waals surface area contributed by atoms with Crippen LogP contribution in [0.1, 0.15) is 12.7 Å². The van der Waals surface area contributed by atoms with Crippen LogP contribution in [0.5, 0.6) is 0 Å². The molecule has 0 bridgehead atoms. The van der Waals surface area contributed by atoms with Crippen molar-refractivity contribution in [3.05, 3.63) is 24.0 Å². The number of nitrogens with one attached hydrogen (secondary N) is 1. The molecule has 0 aliphatic rings. The lowest BCUT2D eigenvalue weighted by atomic mass is 10.3. The number of rotatable bonds is 3. The molecule has 80 valence electrons. The van der Waals surface area contributed by atoms with Gasteiger partial charge in [-0.05, 0) is 18.2 Å². The summed E-state index contributed by atoms with van der Waals surface area (Å²) in [6.07, 6.45) is 0.812. The highest BCUT2D eigenvalue weighted by atomic mass is 32.2. The molecule has 1 aromatic heterocycles. The molecule has 2 aromatic rings. The predicted octanol–water partition coefficient (Wildman–Crippen LogP) is 3.44. The van der Waals surface area contributed by atoms with E-state index in [1.54, 1.807) is 18.2 Å². The molecule has 0 saturated heterocycles. The first-order valence-corrected chi connectivity index (χ1v) is 5.50. The average molecular weight is 228 g/mol. The Hall–Kier alpha value is -1.10. The SMILES string of the molecule is CCc1nc2ccc(SC(F)F)cc2[nH]1. The summed E-state index contributed by atoms with van der Waals surface area (Å²) in [5, 5.41) is 0. The second-order valence-electron chi connectivity index (χ2n) is 3.09. The topological polar surface area (TPSA) is 28.7 Å². The van der Waals surface area contributed by atoms with Crippen molar-refractivity contribution in [2.24, 2.45) is 0 Å². The molecule has 0 radical (unpaired) electrons. The van der Waals surface area contributed by atoms with Crippen LogP contribution >= 0.6 is 11.8 Å². The number of nitrogens with zero attached hydrogens (tertiary/aromatic N) is 1. The van der Waals surface area contributed by atoms with Gasteiger partial charge in [-0.3, -0.25) is 0 Å².